The molecule has 0 aliphatic carbocycles. The van der Waals surface area contributed by atoms with Crippen LogP contribution >= 0.6 is 27.5 Å². The molecule has 0 bridgehead atoms. The molecule has 1 N–H and O–H groups in total. The SMILES string of the molecule is CCCNC(Cc1c(Br)c(C)nn1CC)c1snnc1C. The van der Waals surface area contributed by atoms with Crippen molar-refractivity contribution in [2.75, 3.05) is 6.54 Å². The zero-order valence-corrected chi connectivity index (χ0v) is 15.4. The highest BCUT2D eigenvalue weighted by Gasteiger charge is 2.22. The lowest BCUT2D eigenvalue weighted by molar-refractivity contribution is 0.505. The summed E-state index contributed by atoms with van der Waals surface area (Å²) in [6.07, 6.45) is 2.00. The van der Waals surface area contributed by atoms with Crippen molar-refractivity contribution < 1.29 is 0 Å². The lowest BCUT2D eigenvalue weighted by Gasteiger charge is -2.18. The fraction of sp³-hybridized carbons (Fsp3) is 0.643. The molecule has 1 unspecified atom stereocenters. The Morgan fingerprint density at radius 1 is 1.29 bits per heavy atom. The monoisotopic (exact) mass is 371 g/mol. The van der Waals surface area contributed by atoms with Crippen molar-refractivity contribution in [2.24, 2.45) is 0 Å². The van der Waals surface area contributed by atoms with E-state index in [9.17, 15) is 0 Å². The first-order valence-corrected chi connectivity index (χ1v) is 8.89. The number of aromatic nitrogens is 4. The summed E-state index contributed by atoms with van der Waals surface area (Å²) in [6, 6.07) is 0.239. The number of hydrogen-bond acceptors (Lipinski definition) is 5. The highest BCUT2D eigenvalue weighted by atomic mass is 79.9. The summed E-state index contributed by atoms with van der Waals surface area (Å²) < 4.78 is 7.27. The van der Waals surface area contributed by atoms with E-state index in [1.54, 1.807) is 0 Å². The minimum absolute atomic E-state index is 0.239. The maximum atomic E-state index is 4.58. The van der Waals surface area contributed by atoms with Gasteiger partial charge in [0.05, 0.1) is 32.5 Å². The van der Waals surface area contributed by atoms with E-state index in [2.05, 4.69) is 54.5 Å². The third-order valence-electron chi connectivity index (χ3n) is 3.49. The lowest BCUT2D eigenvalue weighted by Crippen LogP contribution is -2.25. The van der Waals surface area contributed by atoms with Crippen molar-refractivity contribution in [2.45, 2.75) is 53.1 Å². The average Bonchev–Trinajstić information content (AvgIpc) is 3.01. The second-order valence-corrected chi connectivity index (χ2v) is 6.67. The minimum atomic E-state index is 0.239. The predicted octanol–water partition coefficient (Wildman–Crippen LogP) is 3.42. The second kappa shape index (κ2) is 7.47. The van der Waals surface area contributed by atoms with Gasteiger partial charge in [-0.1, -0.05) is 11.4 Å². The summed E-state index contributed by atoms with van der Waals surface area (Å²) in [5.74, 6) is 0. The summed E-state index contributed by atoms with van der Waals surface area (Å²) in [7, 11) is 0. The van der Waals surface area contributed by atoms with Crippen LogP contribution in [0.15, 0.2) is 4.47 Å². The van der Waals surface area contributed by atoms with E-state index < -0.39 is 0 Å². The summed E-state index contributed by atoms with van der Waals surface area (Å²) in [6.45, 7) is 10.2. The Morgan fingerprint density at radius 2 is 2.05 bits per heavy atom. The molecule has 2 aromatic heterocycles. The molecule has 2 aromatic rings. The van der Waals surface area contributed by atoms with Gasteiger partial charge in [-0.15, -0.1) is 5.10 Å². The Balaban J connectivity index is 2.29. The number of hydrogen-bond donors (Lipinski definition) is 1. The average molecular weight is 372 g/mol. The van der Waals surface area contributed by atoms with E-state index in [1.807, 2.05) is 13.8 Å². The summed E-state index contributed by atoms with van der Waals surface area (Å²) in [5.41, 5.74) is 3.29. The molecule has 7 heteroatoms. The van der Waals surface area contributed by atoms with Gasteiger partial charge in [-0.05, 0) is 61.2 Å². The molecule has 0 aromatic carbocycles. The van der Waals surface area contributed by atoms with E-state index in [1.165, 1.54) is 22.1 Å². The molecule has 0 spiro atoms. The first-order valence-electron chi connectivity index (χ1n) is 7.32. The quantitative estimate of drug-likeness (QED) is 0.809. The maximum Gasteiger partial charge on any atom is 0.0772 e. The van der Waals surface area contributed by atoms with Gasteiger partial charge in [0.1, 0.15) is 0 Å². The van der Waals surface area contributed by atoms with Crippen molar-refractivity contribution >= 4 is 27.5 Å². The fourth-order valence-corrected chi connectivity index (χ4v) is 3.55. The van der Waals surface area contributed by atoms with Crippen LogP contribution in [-0.2, 0) is 13.0 Å². The lowest BCUT2D eigenvalue weighted by atomic mass is 10.1. The Bertz CT molecular complexity index is 592. The minimum Gasteiger partial charge on any atom is -0.309 e. The van der Waals surface area contributed by atoms with Crippen LogP contribution in [0.2, 0.25) is 0 Å². The predicted molar refractivity (Wildman–Crippen MR) is 89.7 cm³/mol. The summed E-state index contributed by atoms with van der Waals surface area (Å²) in [4.78, 5) is 1.22. The van der Waals surface area contributed by atoms with Crippen LogP contribution in [0.1, 0.15) is 48.3 Å². The van der Waals surface area contributed by atoms with Gasteiger partial charge in [0.15, 0.2) is 0 Å². The fourth-order valence-electron chi connectivity index (χ4n) is 2.39. The first-order chi connectivity index (χ1) is 10.1. The van der Waals surface area contributed by atoms with Crippen LogP contribution in [0.4, 0.5) is 0 Å². The van der Waals surface area contributed by atoms with Gasteiger partial charge in [-0.25, -0.2) is 0 Å². The molecule has 0 amide bonds. The highest BCUT2D eigenvalue weighted by molar-refractivity contribution is 9.10. The Morgan fingerprint density at radius 3 is 2.62 bits per heavy atom. The van der Waals surface area contributed by atoms with Crippen molar-refractivity contribution in [1.82, 2.24) is 24.7 Å². The summed E-state index contributed by atoms with van der Waals surface area (Å²) >= 11 is 5.17. The Kier molecular flexibility index (Phi) is 5.89. The molecule has 5 nitrogen and oxygen atoms in total. The van der Waals surface area contributed by atoms with Gasteiger partial charge in [0.2, 0.25) is 0 Å². The van der Waals surface area contributed by atoms with Gasteiger partial charge < -0.3 is 5.32 Å². The Hall–Kier alpha value is -0.790. The zero-order valence-electron chi connectivity index (χ0n) is 13.0. The molecule has 116 valence electrons. The molecule has 0 fully saturated rings. The normalized spacial score (nSPS) is 12.8. The second-order valence-electron chi connectivity index (χ2n) is 5.10. The standard InChI is InChI=1S/C14H22BrN5S/c1-5-7-16-11(14-10(4)17-19-21-14)8-12-13(15)9(3)18-20(12)6-2/h11,16H,5-8H2,1-4H3. The van der Waals surface area contributed by atoms with Gasteiger partial charge in [-0.3, -0.25) is 4.68 Å². The molecule has 2 heterocycles. The number of aryl methyl sites for hydroxylation is 3. The molecule has 0 radical (unpaired) electrons. The third-order valence-corrected chi connectivity index (χ3v) is 5.47. The highest BCUT2D eigenvalue weighted by Crippen LogP contribution is 2.29. The largest absolute Gasteiger partial charge is 0.309 e. The van der Waals surface area contributed by atoms with Crippen molar-refractivity contribution in [3.05, 3.63) is 26.4 Å². The Labute approximate surface area is 138 Å². The maximum absolute atomic E-state index is 4.58. The van der Waals surface area contributed by atoms with Gasteiger partial charge in [-0.2, -0.15) is 5.10 Å². The van der Waals surface area contributed by atoms with Gasteiger partial charge in [0, 0.05) is 13.0 Å². The first kappa shape index (κ1) is 16.6. The van der Waals surface area contributed by atoms with Crippen LogP contribution in [0.5, 0.6) is 0 Å². The molecule has 2 rings (SSSR count). The van der Waals surface area contributed by atoms with Crippen LogP contribution in [0, 0.1) is 13.8 Å². The van der Waals surface area contributed by atoms with Crippen LogP contribution in [0.25, 0.3) is 0 Å². The van der Waals surface area contributed by atoms with E-state index in [-0.39, 0.29) is 6.04 Å². The molecular weight excluding hydrogens is 350 g/mol. The third kappa shape index (κ3) is 3.70. The molecule has 0 saturated heterocycles. The summed E-state index contributed by atoms with van der Waals surface area (Å²) in [5, 5.41) is 12.3. The molecule has 21 heavy (non-hydrogen) atoms. The zero-order chi connectivity index (χ0) is 15.4. The molecule has 0 aliphatic rings. The van der Waals surface area contributed by atoms with Crippen LogP contribution < -0.4 is 5.32 Å². The molecule has 1 atom stereocenters. The van der Waals surface area contributed by atoms with E-state index in [0.29, 0.717) is 0 Å². The van der Waals surface area contributed by atoms with Crippen molar-refractivity contribution in [3.63, 3.8) is 0 Å². The van der Waals surface area contributed by atoms with Crippen molar-refractivity contribution in [3.8, 4) is 0 Å². The molecule has 0 aliphatic heterocycles. The van der Waals surface area contributed by atoms with E-state index in [4.69, 9.17) is 0 Å². The number of rotatable bonds is 7. The van der Waals surface area contributed by atoms with E-state index in [0.717, 1.165) is 41.8 Å². The molecular formula is C14H22BrN5S. The van der Waals surface area contributed by atoms with Crippen molar-refractivity contribution in [1.29, 1.82) is 0 Å². The number of halogens is 1. The van der Waals surface area contributed by atoms with Crippen LogP contribution in [0.3, 0.4) is 0 Å². The smallest absolute Gasteiger partial charge is 0.0772 e. The number of nitrogens with zero attached hydrogens (tertiary/aromatic N) is 4. The van der Waals surface area contributed by atoms with Crippen LogP contribution in [-0.4, -0.2) is 25.9 Å². The topological polar surface area (TPSA) is 55.6 Å². The molecule has 0 saturated carbocycles. The van der Waals surface area contributed by atoms with Gasteiger partial charge >= 0.3 is 0 Å². The van der Waals surface area contributed by atoms with Gasteiger partial charge in [0.25, 0.3) is 0 Å². The number of nitrogens with one attached hydrogen (secondary N) is 1. The van der Waals surface area contributed by atoms with E-state index >= 15 is 0 Å².